The van der Waals surface area contributed by atoms with Gasteiger partial charge in [0.05, 0.1) is 0 Å². The number of nitrogens with two attached hydrogens (primary N) is 1. The Morgan fingerprint density at radius 2 is 1.82 bits per heavy atom. The molecule has 1 aliphatic rings. The van der Waals surface area contributed by atoms with Crippen LogP contribution < -0.4 is 5.73 Å². The molecule has 1 fully saturated rings. The molecule has 0 spiro atoms. The monoisotopic (exact) mass is 163 g/mol. The van der Waals surface area contributed by atoms with Gasteiger partial charge in [-0.25, -0.2) is 8.78 Å². The van der Waals surface area contributed by atoms with E-state index in [0.29, 0.717) is 25.8 Å². The molecule has 0 aromatic carbocycles. The van der Waals surface area contributed by atoms with Crippen molar-refractivity contribution in [1.82, 2.24) is 0 Å². The zero-order valence-electron chi connectivity index (χ0n) is 6.65. The highest BCUT2D eigenvalue weighted by atomic mass is 19.3. The Hall–Kier alpha value is -0.180. The van der Waals surface area contributed by atoms with Gasteiger partial charge < -0.3 is 5.73 Å². The maximum Gasteiger partial charge on any atom is 0.244 e. The lowest BCUT2D eigenvalue weighted by atomic mass is 9.83. The molecule has 0 amide bonds. The molecule has 2 N–H and O–H groups in total. The Bertz CT molecular complexity index is 119. The molecule has 0 aromatic heterocycles. The molecule has 0 atom stereocenters. The Morgan fingerprint density at radius 3 is 2.18 bits per heavy atom. The first kappa shape index (κ1) is 8.91. The van der Waals surface area contributed by atoms with Gasteiger partial charge in [0, 0.05) is 5.41 Å². The molecule has 1 aliphatic carbocycles. The Kier molecular flexibility index (Phi) is 2.82. The average Bonchev–Trinajstić information content (AvgIpc) is 2.38. The Balaban J connectivity index is 2.55. The minimum absolute atomic E-state index is 0.393. The van der Waals surface area contributed by atoms with Crippen LogP contribution >= 0.6 is 0 Å². The van der Waals surface area contributed by atoms with Crippen molar-refractivity contribution < 1.29 is 8.78 Å². The highest BCUT2D eigenvalue weighted by molar-refractivity contribution is 4.86. The number of alkyl halides is 2. The van der Waals surface area contributed by atoms with Crippen LogP contribution in [0.2, 0.25) is 0 Å². The minimum atomic E-state index is -2.17. The van der Waals surface area contributed by atoms with Gasteiger partial charge in [-0.05, 0) is 25.8 Å². The lowest BCUT2D eigenvalue weighted by molar-refractivity contribution is -0.00560. The molecule has 1 saturated carbocycles. The quantitative estimate of drug-likeness (QED) is 0.677. The van der Waals surface area contributed by atoms with Crippen molar-refractivity contribution in [3.05, 3.63) is 0 Å². The van der Waals surface area contributed by atoms with E-state index in [2.05, 4.69) is 0 Å². The maximum absolute atomic E-state index is 12.5. The summed E-state index contributed by atoms with van der Waals surface area (Å²) in [5, 5.41) is 0. The van der Waals surface area contributed by atoms with Crippen molar-refractivity contribution in [3.8, 4) is 0 Å². The third-order valence-corrected chi connectivity index (χ3v) is 2.70. The van der Waals surface area contributed by atoms with Crippen LogP contribution in [0.25, 0.3) is 0 Å². The highest BCUT2D eigenvalue weighted by Gasteiger charge is 2.41. The number of hydrogen-bond donors (Lipinski definition) is 1. The van der Waals surface area contributed by atoms with Gasteiger partial charge in [-0.15, -0.1) is 0 Å². The van der Waals surface area contributed by atoms with Gasteiger partial charge in [0.25, 0.3) is 0 Å². The fraction of sp³-hybridized carbons (Fsp3) is 1.00. The van der Waals surface area contributed by atoms with Gasteiger partial charge in [-0.2, -0.15) is 0 Å². The lowest BCUT2D eigenvalue weighted by Crippen LogP contribution is -2.28. The predicted molar refractivity (Wildman–Crippen MR) is 40.6 cm³/mol. The lowest BCUT2D eigenvalue weighted by Gasteiger charge is -2.26. The summed E-state index contributed by atoms with van der Waals surface area (Å²) in [4.78, 5) is 0. The van der Waals surface area contributed by atoms with E-state index in [1.807, 2.05) is 0 Å². The Morgan fingerprint density at radius 1 is 1.27 bits per heavy atom. The predicted octanol–water partition coefficient (Wildman–Crippen LogP) is 2.16. The van der Waals surface area contributed by atoms with Crippen LogP contribution in [0, 0.1) is 5.41 Å². The molecular weight excluding hydrogens is 148 g/mol. The molecule has 11 heavy (non-hydrogen) atoms. The fourth-order valence-corrected chi connectivity index (χ4v) is 1.94. The maximum atomic E-state index is 12.5. The molecule has 0 unspecified atom stereocenters. The van der Waals surface area contributed by atoms with E-state index in [0.717, 1.165) is 12.8 Å². The van der Waals surface area contributed by atoms with Gasteiger partial charge in [-0.1, -0.05) is 12.8 Å². The van der Waals surface area contributed by atoms with Crippen LogP contribution in [-0.4, -0.2) is 13.0 Å². The third kappa shape index (κ3) is 1.70. The topological polar surface area (TPSA) is 26.0 Å². The largest absolute Gasteiger partial charge is 0.330 e. The molecule has 1 nitrogen and oxygen atoms in total. The summed E-state index contributed by atoms with van der Waals surface area (Å²) in [5.74, 6) is 0. The normalized spacial score (nSPS) is 22.9. The first-order chi connectivity index (χ1) is 5.21. The fourth-order valence-electron chi connectivity index (χ4n) is 1.94. The van der Waals surface area contributed by atoms with E-state index in [-0.39, 0.29) is 0 Å². The van der Waals surface area contributed by atoms with E-state index >= 15 is 0 Å². The number of halogens is 2. The van der Waals surface area contributed by atoms with Crippen LogP contribution in [-0.2, 0) is 0 Å². The summed E-state index contributed by atoms with van der Waals surface area (Å²) in [7, 11) is 0. The summed E-state index contributed by atoms with van der Waals surface area (Å²) in [5.41, 5.74) is 4.58. The average molecular weight is 163 g/mol. The van der Waals surface area contributed by atoms with Crippen LogP contribution in [0.5, 0.6) is 0 Å². The van der Waals surface area contributed by atoms with E-state index in [1.165, 1.54) is 0 Å². The molecule has 0 radical (unpaired) electrons. The third-order valence-electron chi connectivity index (χ3n) is 2.70. The van der Waals surface area contributed by atoms with E-state index in [4.69, 9.17) is 5.73 Å². The summed E-state index contributed by atoms with van der Waals surface area (Å²) in [6.45, 7) is 0.393. The second-order valence-electron chi connectivity index (χ2n) is 3.41. The van der Waals surface area contributed by atoms with Crippen molar-refractivity contribution in [1.29, 1.82) is 0 Å². The molecule has 66 valence electrons. The van der Waals surface area contributed by atoms with E-state index in [9.17, 15) is 8.78 Å². The van der Waals surface area contributed by atoms with E-state index < -0.39 is 11.8 Å². The van der Waals surface area contributed by atoms with Gasteiger partial charge in [0.15, 0.2) is 0 Å². The second kappa shape index (κ2) is 3.48. The first-order valence-corrected chi connectivity index (χ1v) is 4.19. The van der Waals surface area contributed by atoms with Gasteiger partial charge in [-0.3, -0.25) is 0 Å². The smallest absolute Gasteiger partial charge is 0.244 e. The molecule has 0 aliphatic heterocycles. The molecule has 3 heteroatoms. The first-order valence-electron chi connectivity index (χ1n) is 4.19. The van der Waals surface area contributed by atoms with Crippen molar-refractivity contribution in [3.63, 3.8) is 0 Å². The summed E-state index contributed by atoms with van der Waals surface area (Å²) in [6.07, 6.45) is 1.55. The standard InChI is InChI=1S/C8H15F2N/c9-7(10)8(5-6-11)3-1-2-4-8/h7H,1-6,11H2. The van der Waals surface area contributed by atoms with Crippen LogP contribution in [0.15, 0.2) is 0 Å². The molecule has 0 aromatic rings. The van der Waals surface area contributed by atoms with Crippen LogP contribution in [0.3, 0.4) is 0 Å². The van der Waals surface area contributed by atoms with Crippen molar-refractivity contribution in [2.75, 3.05) is 6.54 Å². The van der Waals surface area contributed by atoms with Crippen LogP contribution in [0.1, 0.15) is 32.1 Å². The second-order valence-corrected chi connectivity index (χ2v) is 3.41. The van der Waals surface area contributed by atoms with Gasteiger partial charge in [0.1, 0.15) is 0 Å². The van der Waals surface area contributed by atoms with Gasteiger partial charge in [0.2, 0.25) is 6.43 Å². The van der Waals surface area contributed by atoms with Crippen molar-refractivity contribution in [2.45, 2.75) is 38.5 Å². The van der Waals surface area contributed by atoms with E-state index in [1.54, 1.807) is 0 Å². The molecule has 1 rings (SSSR count). The van der Waals surface area contributed by atoms with Crippen LogP contribution in [0.4, 0.5) is 8.78 Å². The summed E-state index contributed by atoms with van der Waals surface area (Å²) in [6, 6.07) is 0. The van der Waals surface area contributed by atoms with Crippen molar-refractivity contribution in [2.24, 2.45) is 11.1 Å². The number of hydrogen-bond acceptors (Lipinski definition) is 1. The van der Waals surface area contributed by atoms with Gasteiger partial charge >= 0.3 is 0 Å². The summed E-state index contributed by atoms with van der Waals surface area (Å²) < 4.78 is 25.1. The zero-order valence-corrected chi connectivity index (χ0v) is 6.65. The summed E-state index contributed by atoms with van der Waals surface area (Å²) >= 11 is 0. The molecular formula is C8H15F2N. The molecule has 0 saturated heterocycles. The SMILES string of the molecule is NCCC1(C(F)F)CCCC1. The number of rotatable bonds is 3. The Labute approximate surface area is 66.0 Å². The zero-order chi connectivity index (χ0) is 8.32. The highest BCUT2D eigenvalue weighted by Crippen LogP contribution is 2.45. The molecule has 0 heterocycles. The minimum Gasteiger partial charge on any atom is -0.330 e. The molecule has 0 bridgehead atoms. The van der Waals surface area contributed by atoms with Crippen molar-refractivity contribution >= 4 is 0 Å².